The minimum Gasteiger partial charge on any atom is -0.496 e. The lowest BCUT2D eigenvalue weighted by molar-refractivity contribution is 0.164. The molecule has 0 radical (unpaired) electrons. The van der Waals surface area contributed by atoms with Gasteiger partial charge in [0.15, 0.2) is 0 Å². The lowest BCUT2D eigenvalue weighted by Crippen LogP contribution is -2.32. The Hall–Kier alpha value is -1.06. The highest BCUT2D eigenvalue weighted by molar-refractivity contribution is 5.38. The van der Waals surface area contributed by atoms with E-state index in [1.54, 1.807) is 7.11 Å². The third kappa shape index (κ3) is 4.22. The normalized spacial score (nSPS) is 18.6. The summed E-state index contributed by atoms with van der Waals surface area (Å²) in [5.41, 5.74) is 2.03. The average molecular weight is 277 g/mol. The molecule has 1 unspecified atom stereocenters. The predicted octanol–water partition coefficient (Wildman–Crippen LogP) is 3.35. The van der Waals surface area contributed by atoms with Crippen molar-refractivity contribution >= 4 is 0 Å². The van der Waals surface area contributed by atoms with Gasteiger partial charge >= 0.3 is 0 Å². The molecule has 0 amide bonds. The van der Waals surface area contributed by atoms with Gasteiger partial charge in [-0.2, -0.15) is 0 Å². The summed E-state index contributed by atoms with van der Waals surface area (Å²) < 4.78 is 5.35. The third-order valence-electron chi connectivity index (χ3n) is 4.20. The molecule has 1 aromatic carbocycles. The number of benzene rings is 1. The van der Waals surface area contributed by atoms with Gasteiger partial charge in [-0.15, -0.1) is 0 Å². The van der Waals surface area contributed by atoms with Crippen LogP contribution in [0, 0.1) is 6.92 Å². The lowest BCUT2D eigenvalue weighted by atomic mass is 10.0. The van der Waals surface area contributed by atoms with Gasteiger partial charge in [-0.1, -0.05) is 37.3 Å². The van der Waals surface area contributed by atoms with Gasteiger partial charge in [-0.3, -0.25) is 0 Å². The van der Waals surface area contributed by atoms with Crippen LogP contribution >= 0.6 is 0 Å². The number of nitrogens with one attached hydrogen (secondary N) is 1. The number of ether oxygens (including phenoxy) is 1. The van der Waals surface area contributed by atoms with Gasteiger partial charge < -0.3 is 15.2 Å². The van der Waals surface area contributed by atoms with Crippen LogP contribution in [0.5, 0.6) is 5.75 Å². The predicted molar refractivity (Wildman–Crippen MR) is 82.2 cm³/mol. The van der Waals surface area contributed by atoms with E-state index in [2.05, 4.69) is 5.32 Å². The van der Waals surface area contributed by atoms with Gasteiger partial charge in [0, 0.05) is 18.2 Å². The molecule has 1 aromatic rings. The topological polar surface area (TPSA) is 41.5 Å². The Kier molecular flexibility index (Phi) is 5.86. The number of rotatable bonds is 5. The highest BCUT2D eigenvalue weighted by atomic mass is 16.5. The van der Waals surface area contributed by atoms with E-state index in [9.17, 15) is 5.11 Å². The standard InChI is InChI=1S/C17H27NO2/c1-13-9-10-17(20-2)15(11-13)16(19)12-18-14-7-5-3-4-6-8-14/h9-11,14,16,18-19H,3-8,12H2,1-2H3. The fourth-order valence-corrected chi connectivity index (χ4v) is 2.99. The number of methoxy groups -OCH3 is 1. The van der Waals surface area contributed by atoms with E-state index in [-0.39, 0.29) is 0 Å². The second-order valence-electron chi connectivity index (χ2n) is 5.86. The minimum atomic E-state index is -0.506. The van der Waals surface area contributed by atoms with Crippen LogP contribution in [0.25, 0.3) is 0 Å². The van der Waals surface area contributed by atoms with Crippen LogP contribution in [0.15, 0.2) is 18.2 Å². The van der Waals surface area contributed by atoms with Crippen molar-refractivity contribution in [3.05, 3.63) is 29.3 Å². The molecule has 2 N–H and O–H groups in total. The van der Waals surface area contributed by atoms with Crippen molar-refractivity contribution in [1.82, 2.24) is 5.32 Å². The first-order valence-corrected chi connectivity index (χ1v) is 7.76. The minimum absolute atomic E-state index is 0.506. The van der Waals surface area contributed by atoms with Crippen LogP contribution in [0.2, 0.25) is 0 Å². The van der Waals surface area contributed by atoms with Crippen molar-refractivity contribution < 1.29 is 9.84 Å². The Labute approximate surface area is 122 Å². The number of hydrogen-bond donors (Lipinski definition) is 2. The Morgan fingerprint density at radius 1 is 1.25 bits per heavy atom. The number of aliphatic hydroxyl groups is 1. The second-order valence-corrected chi connectivity index (χ2v) is 5.86. The Bertz CT molecular complexity index is 411. The number of aryl methyl sites for hydroxylation is 1. The first-order chi connectivity index (χ1) is 9.70. The van der Waals surface area contributed by atoms with Crippen molar-refractivity contribution in [1.29, 1.82) is 0 Å². The van der Waals surface area contributed by atoms with E-state index in [1.165, 1.54) is 38.5 Å². The maximum atomic E-state index is 10.4. The molecule has 0 spiro atoms. The van der Waals surface area contributed by atoms with E-state index in [0.29, 0.717) is 12.6 Å². The van der Waals surface area contributed by atoms with Crippen molar-refractivity contribution in [2.75, 3.05) is 13.7 Å². The van der Waals surface area contributed by atoms with Gasteiger partial charge in [0.1, 0.15) is 5.75 Å². The molecule has 1 aliphatic rings. The molecular weight excluding hydrogens is 250 g/mol. The molecular formula is C17H27NO2. The first-order valence-electron chi connectivity index (χ1n) is 7.76. The molecule has 2 rings (SSSR count). The van der Waals surface area contributed by atoms with Crippen LogP contribution in [-0.2, 0) is 0 Å². The summed E-state index contributed by atoms with van der Waals surface area (Å²) in [7, 11) is 1.65. The molecule has 3 nitrogen and oxygen atoms in total. The van der Waals surface area contributed by atoms with Crippen LogP contribution in [0.1, 0.15) is 55.8 Å². The van der Waals surface area contributed by atoms with Crippen molar-refractivity contribution in [2.24, 2.45) is 0 Å². The second kappa shape index (κ2) is 7.65. The monoisotopic (exact) mass is 277 g/mol. The molecule has 3 heteroatoms. The van der Waals surface area contributed by atoms with E-state index < -0.39 is 6.10 Å². The van der Waals surface area contributed by atoms with Gasteiger partial charge in [0.2, 0.25) is 0 Å². The van der Waals surface area contributed by atoms with Gasteiger partial charge in [0.05, 0.1) is 13.2 Å². The van der Waals surface area contributed by atoms with Crippen LogP contribution in [-0.4, -0.2) is 24.8 Å². The lowest BCUT2D eigenvalue weighted by Gasteiger charge is -2.20. The molecule has 20 heavy (non-hydrogen) atoms. The van der Waals surface area contributed by atoms with Crippen molar-refractivity contribution in [3.8, 4) is 5.75 Å². The van der Waals surface area contributed by atoms with Gasteiger partial charge in [-0.05, 0) is 31.9 Å². The number of aliphatic hydroxyl groups excluding tert-OH is 1. The third-order valence-corrected chi connectivity index (χ3v) is 4.20. The molecule has 0 aromatic heterocycles. The molecule has 1 aliphatic carbocycles. The summed E-state index contributed by atoms with van der Waals surface area (Å²) in [5.74, 6) is 0.769. The fourth-order valence-electron chi connectivity index (χ4n) is 2.99. The van der Waals surface area contributed by atoms with Crippen LogP contribution < -0.4 is 10.1 Å². The van der Waals surface area contributed by atoms with Crippen molar-refractivity contribution in [2.45, 2.75) is 57.6 Å². The SMILES string of the molecule is COc1ccc(C)cc1C(O)CNC1CCCCCC1. The Morgan fingerprint density at radius 2 is 1.95 bits per heavy atom. The summed E-state index contributed by atoms with van der Waals surface area (Å²) in [4.78, 5) is 0. The summed E-state index contributed by atoms with van der Waals surface area (Å²) in [6.45, 7) is 2.64. The zero-order valence-electron chi connectivity index (χ0n) is 12.7. The zero-order valence-corrected chi connectivity index (χ0v) is 12.7. The molecule has 0 bridgehead atoms. The summed E-state index contributed by atoms with van der Waals surface area (Å²) in [6.07, 6.45) is 7.28. The Balaban J connectivity index is 1.93. The van der Waals surface area contributed by atoms with Gasteiger partial charge in [-0.25, -0.2) is 0 Å². The maximum absolute atomic E-state index is 10.4. The molecule has 0 aliphatic heterocycles. The summed E-state index contributed by atoms with van der Waals surface area (Å²) in [6, 6.07) is 6.51. The molecule has 112 valence electrons. The fraction of sp³-hybridized carbons (Fsp3) is 0.647. The van der Waals surface area contributed by atoms with Gasteiger partial charge in [0.25, 0.3) is 0 Å². The first kappa shape index (κ1) is 15.3. The largest absolute Gasteiger partial charge is 0.496 e. The zero-order chi connectivity index (χ0) is 14.4. The summed E-state index contributed by atoms with van der Waals surface area (Å²) in [5, 5.41) is 13.9. The van der Waals surface area contributed by atoms with E-state index in [4.69, 9.17) is 4.74 Å². The highest BCUT2D eigenvalue weighted by Gasteiger charge is 2.17. The molecule has 1 saturated carbocycles. The maximum Gasteiger partial charge on any atom is 0.124 e. The smallest absolute Gasteiger partial charge is 0.124 e. The van der Waals surface area contributed by atoms with E-state index in [1.807, 2.05) is 25.1 Å². The molecule has 1 fully saturated rings. The van der Waals surface area contributed by atoms with E-state index in [0.717, 1.165) is 16.9 Å². The van der Waals surface area contributed by atoms with Crippen LogP contribution in [0.3, 0.4) is 0 Å². The molecule has 0 saturated heterocycles. The number of hydrogen-bond acceptors (Lipinski definition) is 3. The van der Waals surface area contributed by atoms with E-state index >= 15 is 0 Å². The Morgan fingerprint density at radius 3 is 2.60 bits per heavy atom. The quantitative estimate of drug-likeness (QED) is 0.811. The molecule has 0 heterocycles. The average Bonchev–Trinajstić information content (AvgIpc) is 2.73. The summed E-state index contributed by atoms with van der Waals surface area (Å²) >= 11 is 0. The van der Waals surface area contributed by atoms with Crippen molar-refractivity contribution in [3.63, 3.8) is 0 Å². The molecule has 1 atom stereocenters. The van der Waals surface area contributed by atoms with Crippen LogP contribution in [0.4, 0.5) is 0 Å². The highest BCUT2D eigenvalue weighted by Crippen LogP contribution is 2.26.